The highest BCUT2D eigenvalue weighted by molar-refractivity contribution is 5.84. The lowest BCUT2D eigenvalue weighted by Crippen LogP contribution is -1.97. The lowest BCUT2D eigenvalue weighted by atomic mass is 10.2. The first-order valence-corrected chi connectivity index (χ1v) is 5.75. The minimum Gasteiger partial charge on any atom is -0.493 e. The molecular weight excluding hydrogens is 212 g/mol. The Morgan fingerprint density at radius 3 is 3.00 bits per heavy atom. The van der Waals surface area contributed by atoms with Crippen LogP contribution in [0.15, 0.2) is 36.5 Å². The van der Waals surface area contributed by atoms with E-state index in [1.807, 2.05) is 30.3 Å². The first-order valence-electron chi connectivity index (χ1n) is 5.75. The van der Waals surface area contributed by atoms with Gasteiger partial charge in [0, 0.05) is 18.0 Å². The molecule has 2 rings (SSSR count). The van der Waals surface area contributed by atoms with Gasteiger partial charge in [0.1, 0.15) is 5.75 Å². The zero-order chi connectivity index (χ0) is 11.9. The molecule has 0 radical (unpaired) electrons. The van der Waals surface area contributed by atoms with E-state index in [0.717, 1.165) is 29.5 Å². The van der Waals surface area contributed by atoms with Gasteiger partial charge in [0.2, 0.25) is 0 Å². The van der Waals surface area contributed by atoms with Gasteiger partial charge in [-0.3, -0.25) is 4.98 Å². The van der Waals surface area contributed by atoms with Crippen molar-refractivity contribution in [3.05, 3.63) is 36.5 Å². The van der Waals surface area contributed by atoms with Crippen molar-refractivity contribution < 1.29 is 4.74 Å². The maximum absolute atomic E-state index is 8.42. The first-order chi connectivity index (χ1) is 8.42. The highest BCUT2D eigenvalue weighted by Crippen LogP contribution is 2.23. The van der Waals surface area contributed by atoms with Gasteiger partial charge in [0.15, 0.2) is 0 Å². The van der Waals surface area contributed by atoms with E-state index in [0.29, 0.717) is 13.0 Å². The zero-order valence-corrected chi connectivity index (χ0v) is 9.60. The number of fused-ring (bicyclic) bond motifs is 1. The summed E-state index contributed by atoms with van der Waals surface area (Å²) in [7, 11) is 0. The van der Waals surface area contributed by atoms with Crippen molar-refractivity contribution in [2.24, 2.45) is 0 Å². The fraction of sp³-hybridized carbons (Fsp3) is 0.286. The molecule has 17 heavy (non-hydrogen) atoms. The van der Waals surface area contributed by atoms with E-state index >= 15 is 0 Å². The van der Waals surface area contributed by atoms with Crippen molar-refractivity contribution in [1.29, 1.82) is 5.26 Å². The van der Waals surface area contributed by atoms with Crippen LogP contribution in [0, 0.1) is 11.3 Å². The standard InChI is InChI=1S/C14H14N2O/c15-9-2-1-3-11-17-14-8-4-7-13-12(14)6-5-10-16-13/h4-8,10H,1-3,11H2. The predicted molar refractivity (Wildman–Crippen MR) is 66.7 cm³/mol. The molecule has 3 nitrogen and oxygen atoms in total. The number of pyridine rings is 1. The Bertz CT molecular complexity index is 526. The molecule has 0 saturated heterocycles. The van der Waals surface area contributed by atoms with Gasteiger partial charge in [-0.2, -0.15) is 5.26 Å². The topological polar surface area (TPSA) is 45.9 Å². The smallest absolute Gasteiger partial charge is 0.128 e. The number of hydrogen-bond donors (Lipinski definition) is 0. The average Bonchev–Trinajstić information content (AvgIpc) is 2.39. The second-order valence-corrected chi connectivity index (χ2v) is 3.79. The number of nitrogens with zero attached hydrogens (tertiary/aromatic N) is 2. The number of hydrogen-bond acceptors (Lipinski definition) is 3. The first kappa shape index (κ1) is 11.4. The van der Waals surface area contributed by atoms with Gasteiger partial charge >= 0.3 is 0 Å². The van der Waals surface area contributed by atoms with Crippen molar-refractivity contribution in [2.75, 3.05) is 6.61 Å². The van der Waals surface area contributed by atoms with Crippen LogP contribution in [-0.2, 0) is 0 Å². The van der Waals surface area contributed by atoms with Crippen LogP contribution < -0.4 is 4.74 Å². The van der Waals surface area contributed by atoms with Gasteiger partial charge in [-0.1, -0.05) is 6.07 Å². The average molecular weight is 226 g/mol. The van der Waals surface area contributed by atoms with Crippen LogP contribution in [0.4, 0.5) is 0 Å². The number of nitriles is 1. The lowest BCUT2D eigenvalue weighted by molar-refractivity contribution is 0.311. The summed E-state index contributed by atoms with van der Waals surface area (Å²) in [4.78, 5) is 4.28. The number of benzene rings is 1. The van der Waals surface area contributed by atoms with Crippen LogP contribution >= 0.6 is 0 Å². The van der Waals surface area contributed by atoms with Gasteiger partial charge in [-0.05, 0) is 37.1 Å². The maximum atomic E-state index is 8.42. The van der Waals surface area contributed by atoms with E-state index < -0.39 is 0 Å². The molecule has 0 amide bonds. The van der Waals surface area contributed by atoms with Gasteiger partial charge < -0.3 is 4.74 Å². The van der Waals surface area contributed by atoms with Gasteiger partial charge in [0.25, 0.3) is 0 Å². The Balaban J connectivity index is 2.01. The highest BCUT2D eigenvalue weighted by atomic mass is 16.5. The number of rotatable bonds is 5. The third-order valence-electron chi connectivity index (χ3n) is 2.55. The molecule has 0 aliphatic rings. The van der Waals surface area contributed by atoms with E-state index in [1.165, 1.54) is 0 Å². The van der Waals surface area contributed by atoms with Crippen molar-refractivity contribution >= 4 is 10.9 Å². The molecule has 0 N–H and O–H groups in total. The van der Waals surface area contributed by atoms with Gasteiger partial charge in [0.05, 0.1) is 18.2 Å². The Labute approximate surface area is 101 Å². The van der Waals surface area contributed by atoms with E-state index in [-0.39, 0.29) is 0 Å². The molecule has 1 aromatic heterocycles. The Morgan fingerprint density at radius 1 is 1.18 bits per heavy atom. The lowest BCUT2D eigenvalue weighted by Gasteiger charge is -2.08. The molecule has 3 heteroatoms. The quantitative estimate of drug-likeness (QED) is 0.735. The summed E-state index contributed by atoms with van der Waals surface area (Å²) < 4.78 is 5.72. The van der Waals surface area contributed by atoms with Crippen LogP contribution in [0.5, 0.6) is 5.75 Å². The summed E-state index contributed by atoms with van der Waals surface area (Å²) in [6, 6.07) is 11.9. The molecule has 0 unspecified atom stereocenters. The van der Waals surface area contributed by atoms with Crippen molar-refractivity contribution in [2.45, 2.75) is 19.3 Å². The zero-order valence-electron chi connectivity index (χ0n) is 9.60. The highest BCUT2D eigenvalue weighted by Gasteiger charge is 2.01. The molecule has 0 spiro atoms. The largest absolute Gasteiger partial charge is 0.493 e. The van der Waals surface area contributed by atoms with Crippen molar-refractivity contribution in [3.8, 4) is 11.8 Å². The number of ether oxygens (including phenoxy) is 1. The molecule has 2 aromatic rings. The summed E-state index contributed by atoms with van der Waals surface area (Å²) in [5.74, 6) is 0.868. The molecule has 1 aromatic carbocycles. The second kappa shape index (κ2) is 5.86. The molecule has 0 bridgehead atoms. The number of aromatic nitrogens is 1. The van der Waals surface area contributed by atoms with Crippen LogP contribution in [0.2, 0.25) is 0 Å². The van der Waals surface area contributed by atoms with Crippen LogP contribution in [-0.4, -0.2) is 11.6 Å². The molecule has 0 aliphatic carbocycles. The van der Waals surface area contributed by atoms with Crippen LogP contribution in [0.1, 0.15) is 19.3 Å². The monoisotopic (exact) mass is 226 g/mol. The van der Waals surface area contributed by atoms with E-state index in [1.54, 1.807) is 6.20 Å². The summed E-state index contributed by atoms with van der Waals surface area (Å²) in [6.45, 7) is 0.648. The molecular formula is C14H14N2O. The SMILES string of the molecule is N#CCCCCOc1cccc2ncccc12. The Hall–Kier alpha value is -2.08. The normalized spacial score (nSPS) is 10.1. The summed E-state index contributed by atoms with van der Waals surface area (Å²) in [6.07, 6.45) is 4.17. The third-order valence-corrected chi connectivity index (χ3v) is 2.55. The third kappa shape index (κ3) is 2.94. The minimum atomic E-state index is 0.598. The predicted octanol–water partition coefficient (Wildman–Crippen LogP) is 3.31. The van der Waals surface area contributed by atoms with Gasteiger partial charge in [-0.25, -0.2) is 0 Å². The Morgan fingerprint density at radius 2 is 2.12 bits per heavy atom. The molecule has 0 fully saturated rings. The fourth-order valence-electron chi connectivity index (χ4n) is 1.69. The molecule has 1 heterocycles. The molecule has 0 saturated carbocycles. The Kier molecular flexibility index (Phi) is 3.93. The molecule has 0 aliphatic heterocycles. The second-order valence-electron chi connectivity index (χ2n) is 3.79. The number of unbranched alkanes of at least 4 members (excludes halogenated alkanes) is 2. The van der Waals surface area contributed by atoms with Crippen LogP contribution in [0.3, 0.4) is 0 Å². The summed E-state index contributed by atoms with van der Waals surface area (Å²) in [5, 5.41) is 9.46. The summed E-state index contributed by atoms with van der Waals surface area (Å²) >= 11 is 0. The van der Waals surface area contributed by atoms with Crippen molar-refractivity contribution in [1.82, 2.24) is 4.98 Å². The summed E-state index contributed by atoms with van der Waals surface area (Å²) in [5.41, 5.74) is 0.946. The maximum Gasteiger partial charge on any atom is 0.128 e. The minimum absolute atomic E-state index is 0.598. The van der Waals surface area contributed by atoms with E-state index in [2.05, 4.69) is 11.1 Å². The molecule has 86 valence electrons. The van der Waals surface area contributed by atoms with Crippen molar-refractivity contribution in [3.63, 3.8) is 0 Å². The molecule has 0 atom stereocenters. The van der Waals surface area contributed by atoms with Crippen LogP contribution in [0.25, 0.3) is 10.9 Å². The van der Waals surface area contributed by atoms with E-state index in [9.17, 15) is 0 Å². The fourth-order valence-corrected chi connectivity index (χ4v) is 1.69. The van der Waals surface area contributed by atoms with Gasteiger partial charge in [-0.15, -0.1) is 0 Å². The van der Waals surface area contributed by atoms with E-state index in [4.69, 9.17) is 10.00 Å².